The van der Waals surface area contributed by atoms with Crippen molar-refractivity contribution in [1.82, 2.24) is 0 Å². The summed E-state index contributed by atoms with van der Waals surface area (Å²) in [6.45, 7) is 0.646. The molecule has 0 saturated carbocycles. The van der Waals surface area contributed by atoms with Crippen LogP contribution >= 0.6 is 22.6 Å². The van der Waals surface area contributed by atoms with E-state index in [2.05, 4.69) is 40.8 Å². The summed E-state index contributed by atoms with van der Waals surface area (Å²) in [6, 6.07) is 16.4. The number of benzene rings is 2. The van der Waals surface area contributed by atoms with Crippen LogP contribution in [0.3, 0.4) is 0 Å². The second kappa shape index (κ2) is 8.02. The number of fused-ring (bicyclic) bond motifs is 1. The topological polar surface area (TPSA) is 44.5 Å². The highest BCUT2D eigenvalue weighted by atomic mass is 127. The van der Waals surface area contributed by atoms with Gasteiger partial charge in [0.25, 0.3) is 0 Å². The zero-order chi connectivity index (χ0) is 16.1. The van der Waals surface area contributed by atoms with Crippen molar-refractivity contribution in [1.29, 1.82) is 0 Å². The SMILES string of the molecule is NC(CCOc1ccccc1)C[C@H]1CCc2cc(I)ccc2O1. The van der Waals surface area contributed by atoms with Crippen molar-refractivity contribution in [3.05, 3.63) is 57.7 Å². The number of rotatable bonds is 6. The van der Waals surface area contributed by atoms with Crippen molar-refractivity contribution >= 4 is 22.6 Å². The van der Waals surface area contributed by atoms with Gasteiger partial charge in [-0.2, -0.15) is 0 Å². The fraction of sp³-hybridized carbons (Fsp3) is 0.368. The first-order chi connectivity index (χ1) is 11.2. The third-order valence-corrected chi connectivity index (χ3v) is 4.79. The van der Waals surface area contributed by atoms with Crippen LogP contribution in [0, 0.1) is 3.57 Å². The third-order valence-electron chi connectivity index (χ3n) is 4.12. The van der Waals surface area contributed by atoms with Gasteiger partial charge in [0.1, 0.15) is 17.6 Å². The molecule has 3 nitrogen and oxygen atoms in total. The molecule has 3 rings (SSSR count). The molecular weight excluding hydrogens is 401 g/mol. The Hall–Kier alpha value is -1.27. The van der Waals surface area contributed by atoms with Gasteiger partial charge in [-0.25, -0.2) is 0 Å². The number of halogens is 1. The van der Waals surface area contributed by atoms with Crippen molar-refractivity contribution < 1.29 is 9.47 Å². The Kier molecular flexibility index (Phi) is 5.78. The van der Waals surface area contributed by atoms with Gasteiger partial charge in [-0.1, -0.05) is 18.2 Å². The largest absolute Gasteiger partial charge is 0.494 e. The maximum atomic E-state index is 6.25. The van der Waals surface area contributed by atoms with Gasteiger partial charge in [0.05, 0.1) is 6.61 Å². The molecule has 0 amide bonds. The van der Waals surface area contributed by atoms with E-state index in [9.17, 15) is 0 Å². The van der Waals surface area contributed by atoms with Gasteiger partial charge in [-0.3, -0.25) is 0 Å². The van der Waals surface area contributed by atoms with E-state index >= 15 is 0 Å². The molecule has 0 fully saturated rings. The Morgan fingerprint density at radius 1 is 1.22 bits per heavy atom. The molecule has 0 radical (unpaired) electrons. The highest BCUT2D eigenvalue weighted by molar-refractivity contribution is 14.1. The number of nitrogens with two attached hydrogens (primary N) is 1. The fourth-order valence-electron chi connectivity index (χ4n) is 2.88. The summed E-state index contributed by atoms with van der Waals surface area (Å²) in [4.78, 5) is 0. The van der Waals surface area contributed by atoms with Crippen molar-refractivity contribution in [2.75, 3.05) is 6.61 Å². The molecule has 2 aromatic carbocycles. The van der Waals surface area contributed by atoms with Crippen molar-refractivity contribution in [3.8, 4) is 11.5 Å². The highest BCUT2D eigenvalue weighted by Gasteiger charge is 2.22. The van der Waals surface area contributed by atoms with Crippen molar-refractivity contribution in [3.63, 3.8) is 0 Å². The predicted octanol–water partition coefficient (Wildman–Crippen LogP) is 4.17. The van der Waals surface area contributed by atoms with E-state index in [1.165, 1.54) is 9.13 Å². The van der Waals surface area contributed by atoms with Crippen LogP contribution in [0.5, 0.6) is 11.5 Å². The molecule has 1 heterocycles. The zero-order valence-corrected chi connectivity index (χ0v) is 15.2. The molecule has 0 bridgehead atoms. The Morgan fingerprint density at radius 3 is 2.87 bits per heavy atom. The van der Waals surface area contributed by atoms with E-state index in [1.54, 1.807) is 0 Å². The maximum Gasteiger partial charge on any atom is 0.122 e. The highest BCUT2D eigenvalue weighted by Crippen LogP contribution is 2.30. The zero-order valence-electron chi connectivity index (χ0n) is 13.1. The van der Waals surface area contributed by atoms with E-state index in [4.69, 9.17) is 15.2 Å². The third kappa shape index (κ3) is 4.85. The molecule has 0 saturated heterocycles. The summed E-state index contributed by atoms with van der Waals surface area (Å²) >= 11 is 2.34. The lowest BCUT2D eigenvalue weighted by atomic mass is 9.97. The Balaban J connectivity index is 1.43. The summed E-state index contributed by atoms with van der Waals surface area (Å²) in [5.74, 6) is 1.92. The number of ether oxygens (including phenoxy) is 2. The molecule has 4 heteroatoms. The second-order valence-electron chi connectivity index (χ2n) is 5.98. The average Bonchev–Trinajstić information content (AvgIpc) is 2.56. The van der Waals surface area contributed by atoms with Crippen LogP contribution in [0.15, 0.2) is 48.5 Å². The van der Waals surface area contributed by atoms with Crippen LogP contribution in [-0.2, 0) is 6.42 Å². The Morgan fingerprint density at radius 2 is 2.04 bits per heavy atom. The van der Waals surface area contributed by atoms with Gasteiger partial charge in [0, 0.05) is 9.61 Å². The molecule has 0 aromatic heterocycles. The van der Waals surface area contributed by atoms with Crippen LogP contribution < -0.4 is 15.2 Å². The summed E-state index contributed by atoms with van der Waals surface area (Å²) in [5, 5.41) is 0. The van der Waals surface area contributed by atoms with Gasteiger partial charge in [0.15, 0.2) is 0 Å². The van der Waals surface area contributed by atoms with Crippen LogP contribution in [0.2, 0.25) is 0 Å². The number of para-hydroxylation sites is 1. The van der Waals surface area contributed by atoms with Crippen LogP contribution in [0.25, 0.3) is 0 Å². The number of hydrogen-bond acceptors (Lipinski definition) is 3. The first-order valence-electron chi connectivity index (χ1n) is 8.09. The molecule has 0 aliphatic carbocycles. The maximum absolute atomic E-state index is 6.25. The van der Waals surface area contributed by atoms with Crippen LogP contribution in [0.1, 0.15) is 24.8 Å². The van der Waals surface area contributed by atoms with Gasteiger partial charge >= 0.3 is 0 Å². The molecule has 2 atom stereocenters. The quantitative estimate of drug-likeness (QED) is 0.710. The second-order valence-corrected chi connectivity index (χ2v) is 7.22. The minimum absolute atomic E-state index is 0.106. The van der Waals surface area contributed by atoms with Crippen LogP contribution in [0.4, 0.5) is 0 Å². The van der Waals surface area contributed by atoms with E-state index in [-0.39, 0.29) is 12.1 Å². The lowest BCUT2D eigenvalue weighted by molar-refractivity contribution is 0.150. The minimum Gasteiger partial charge on any atom is -0.494 e. The van der Waals surface area contributed by atoms with Gasteiger partial charge in [0.2, 0.25) is 0 Å². The van der Waals surface area contributed by atoms with Crippen LogP contribution in [-0.4, -0.2) is 18.8 Å². The molecule has 1 aliphatic heterocycles. The average molecular weight is 423 g/mol. The monoisotopic (exact) mass is 423 g/mol. The summed E-state index contributed by atoms with van der Waals surface area (Å²) in [5.41, 5.74) is 7.57. The smallest absolute Gasteiger partial charge is 0.122 e. The molecular formula is C19H22INO2. The molecule has 2 aromatic rings. The molecule has 23 heavy (non-hydrogen) atoms. The van der Waals surface area contributed by atoms with E-state index in [1.807, 2.05) is 30.3 Å². The van der Waals surface area contributed by atoms with E-state index < -0.39 is 0 Å². The van der Waals surface area contributed by atoms with Crippen molar-refractivity contribution in [2.45, 2.75) is 37.8 Å². The molecule has 0 spiro atoms. The first kappa shape index (κ1) is 16.6. The molecule has 1 aliphatic rings. The minimum atomic E-state index is 0.106. The molecule has 1 unspecified atom stereocenters. The summed E-state index contributed by atoms with van der Waals surface area (Å²) in [7, 11) is 0. The van der Waals surface area contributed by atoms with Gasteiger partial charge < -0.3 is 15.2 Å². The Bertz CT molecular complexity index is 633. The first-order valence-corrected chi connectivity index (χ1v) is 9.17. The standard InChI is InChI=1S/C19H22INO2/c20-15-7-9-19-14(12-15)6-8-18(23-19)13-16(21)10-11-22-17-4-2-1-3-5-17/h1-5,7,9,12,16,18H,6,8,10-11,13,21H2/t16?,18-/m1/s1. The molecule has 122 valence electrons. The Labute approximate surface area is 151 Å². The summed E-state index contributed by atoms with van der Waals surface area (Å²) < 4.78 is 13.1. The van der Waals surface area contributed by atoms with Gasteiger partial charge in [-0.15, -0.1) is 0 Å². The molecule has 2 N–H and O–H groups in total. The van der Waals surface area contributed by atoms with Crippen molar-refractivity contribution in [2.24, 2.45) is 5.73 Å². The lowest BCUT2D eigenvalue weighted by Gasteiger charge is -2.28. The predicted molar refractivity (Wildman–Crippen MR) is 101 cm³/mol. The number of hydrogen-bond donors (Lipinski definition) is 1. The van der Waals surface area contributed by atoms with Gasteiger partial charge in [-0.05, 0) is 84.2 Å². The van der Waals surface area contributed by atoms with E-state index in [0.29, 0.717) is 6.61 Å². The normalized spacial score (nSPS) is 17.9. The lowest BCUT2D eigenvalue weighted by Crippen LogP contribution is -2.33. The van der Waals surface area contributed by atoms with E-state index in [0.717, 1.165) is 37.2 Å². The fourth-order valence-corrected chi connectivity index (χ4v) is 3.44. The summed E-state index contributed by atoms with van der Waals surface area (Å²) in [6.07, 6.45) is 4.05. The number of aryl methyl sites for hydroxylation is 1.